The third-order valence-corrected chi connectivity index (χ3v) is 5.08. The first-order valence-corrected chi connectivity index (χ1v) is 9.64. The van der Waals surface area contributed by atoms with Gasteiger partial charge in [0.05, 0.1) is 5.75 Å². The van der Waals surface area contributed by atoms with Gasteiger partial charge in [0.15, 0.2) is 0 Å². The molecule has 2 aromatic rings. The third kappa shape index (κ3) is 6.36. The number of hydrogen-bond acceptors (Lipinski definition) is 3. The number of nitrogens with one attached hydrogen (secondary N) is 1. The molecule has 1 N–H and O–H groups in total. The Morgan fingerprint density at radius 2 is 1.52 bits per heavy atom. The molecule has 2 amide bonds. The molecule has 4 nitrogen and oxygen atoms in total. The first-order valence-electron chi connectivity index (χ1n) is 8.48. The highest BCUT2D eigenvalue weighted by molar-refractivity contribution is 7.99. The SMILES string of the molecule is CNC(=O)[C@@H](C)N(Cc1ccc(F)cc1)C(=O)CSCc1ccc(F)cc1. The van der Waals surface area contributed by atoms with Gasteiger partial charge in [-0.1, -0.05) is 24.3 Å². The number of carbonyl (C=O) groups excluding carboxylic acids is 2. The number of rotatable bonds is 8. The van der Waals surface area contributed by atoms with Crippen molar-refractivity contribution in [1.29, 1.82) is 0 Å². The lowest BCUT2D eigenvalue weighted by atomic mass is 10.1. The average molecular weight is 392 g/mol. The van der Waals surface area contributed by atoms with Crippen LogP contribution in [-0.4, -0.2) is 35.6 Å². The van der Waals surface area contributed by atoms with E-state index in [0.29, 0.717) is 5.75 Å². The van der Waals surface area contributed by atoms with E-state index in [1.807, 2.05) is 0 Å². The molecule has 0 heterocycles. The van der Waals surface area contributed by atoms with Crippen molar-refractivity contribution in [2.75, 3.05) is 12.8 Å². The molecule has 0 aromatic heterocycles. The second-order valence-electron chi connectivity index (χ2n) is 6.06. The highest BCUT2D eigenvalue weighted by atomic mass is 32.2. The summed E-state index contributed by atoms with van der Waals surface area (Å²) in [6.07, 6.45) is 0. The molecular weight excluding hydrogens is 370 g/mol. The number of amides is 2. The average Bonchev–Trinajstić information content (AvgIpc) is 2.67. The van der Waals surface area contributed by atoms with Gasteiger partial charge in [-0.05, 0) is 42.3 Å². The van der Waals surface area contributed by atoms with E-state index in [9.17, 15) is 18.4 Å². The summed E-state index contributed by atoms with van der Waals surface area (Å²) in [5.74, 6) is -0.378. The van der Waals surface area contributed by atoms with Crippen LogP contribution in [0.4, 0.5) is 8.78 Å². The van der Waals surface area contributed by atoms with Crippen LogP contribution in [-0.2, 0) is 21.9 Å². The summed E-state index contributed by atoms with van der Waals surface area (Å²) in [7, 11) is 1.52. The summed E-state index contributed by atoms with van der Waals surface area (Å²) in [6.45, 7) is 1.87. The van der Waals surface area contributed by atoms with Crippen molar-refractivity contribution in [3.8, 4) is 0 Å². The van der Waals surface area contributed by atoms with Gasteiger partial charge in [-0.3, -0.25) is 9.59 Å². The van der Waals surface area contributed by atoms with Crippen molar-refractivity contribution in [1.82, 2.24) is 10.2 Å². The van der Waals surface area contributed by atoms with Gasteiger partial charge >= 0.3 is 0 Å². The van der Waals surface area contributed by atoms with Crippen LogP contribution in [0.15, 0.2) is 48.5 Å². The van der Waals surface area contributed by atoms with Gasteiger partial charge in [0, 0.05) is 19.3 Å². The molecule has 2 aromatic carbocycles. The van der Waals surface area contributed by atoms with Crippen LogP contribution in [0, 0.1) is 11.6 Å². The third-order valence-electron chi connectivity index (χ3n) is 4.09. The van der Waals surface area contributed by atoms with Crippen LogP contribution in [0.3, 0.4) is 0 Å². The number of thioether (sulfide) groups is 1. The molecule has 0 fully saturated rings. The maximum atomic E-state index is 13.1. The highest BCUT2D eigenvalue weighted by Crippen LogP contribution is 2.16. The second kappa shape index (κ2) is 10.1. The maximum Gasteiger partial charge on any atom is 0.242 e. The Kier molecular flexibility index (Phi) is 7.79. The van der Waals surface area contributed by atoms with Crippen molar-refractivity contribution in [2.24, 2.45) is 0 Å². The Labute approximate surface area is 161 Å². The van der Waals surface area contributed by atoms with Crippen molar-refractivity contribution in [3.05, 3.63) is 71.3 Å². The molecule has 0 saturated heterocycles. The first-order chi connectivity index (χ1) is 12.9. The van der Waals surface area contributed by atoms with Crippen LogP contribution >= 0.6 is 11.8 Å². The van der Waals surface area contributed by atoms with Crippen LogP contribution in [0.5, 0.6) is 0 Å². The molecule has 0 bridgehead atoms. The molecule has 1 atom stereocenters. The normalized spacial score (nSPS) is 11.7. The zero-order valence-corrected chi connectivity index (χ0v) is 16.1. The number of benzene rings is 2. The Bertz CT molecular complexity index is 767. The van der Waals surface area contributed by atoms with Gasteiger partial charge < -0.3 is 10.2 Å². The van der Waals surface area contributed by atoms with E-state index in [4.69, 9.17) is 0 Å². The minimum absolute atomic E-state index is 0.180. The van der Waals surface area contributed by atoms with Crippen molar-refractivity contribution in [2.45, 2.75) is 25.3 Å². The minimum Gasteiger partial charge on any atom is -0.357 e. The zero-order chi connectivity index (χ0) is 19.8. The van der Waals surface area contributed by atoms with E-state index < -0.39 is 6.04 Å². The summed E-state index contributed by atoms with van der Waals surface area (Å²) >= 11 is 1.39. The lowest BCUT2D eigenvalue weighted by molar-refractivity contribution is -0.138. The molecule has 0 radical (unpaired) electrons. The smallest absolute Gasteiger partial charge is 0.242 e. The summed E-state index contributed by atoms with van der Waals surface area (Å²) in [5, 5.41) is 2.55. The number of likely N-dealkylation sites (N-methyl/N-ethyl adjacent to an activating group) is 1. The lowest BCUT2D eigenvalue weighted by Crippen LogP contribution is -2.47. The molecule has 0 unspecified atom stereocenters. The highest BCUT2D eigenvalue weighted by Gasteiger charge is 2.25. The second-order valence-corrected chi connectivity index (χ2v) is 7.04. The summed E-state index contributed by atoms with van der Waals surface area (Å²) in [6, 6.07) is 11.3. The fourth-order valence-corrected chi connectivity index (χ4v) is 3.37. The summed E-state index contributed by atoms with van der Waals surface area (Å²) < 4.78 is 26.0. The number of carbonyl (C=O) groups is 2. The van der Waals surface area contributed by atoms with Gasteiger partial charge in [0.25, 0.3) is 0 Å². The van der Waals surface area contributed by atoms with Gasteiger partial charge in [-0.15, -0.1) is 11.8 Å². The van der Waals surface area contributed by atoms with Gasteiger partial charge in [-0.2, -0.15) is 0 Å². The zero-order valence-electron chi connectivity index (χ0n) is 15.2. The molecule has 0 saturated carbocycles. The maximum absolute atomic E-state index is 13.1. The van der Waals surface area contributed by atoms with E-state index in [1.165, 1.54) is 48.0 Å². The molecule has 27 heavy (non-hydrogen) atoms. The van der Waals surface area contributed by atoms with Crippen LogP contribution in [0.1, 0.15) is 18.1 Å². The predicted molar refractivity (Wildman–Crippen MR) is 103 cm³/mol. The number of nitrogens with zero attached hydrogens (tertiary/aromatic N) is 1. The topological polar surface area (TPSA) is 49.4 Å². The van der Waals surface area contributed by atoms with Crippen molar-refractivity contribution in [3.63, 3.8) is 0 Å². The molecule has 7 heteroatoms. The number of hydrogen-bond donors (Lipinski definition) is 1. The monoisotopic (exact) mass is 392 g/mol. The quantitative estimate of drug-likeness (QED) is 0.750. The molecule has 2 rings (SSSR count). The Balaban J connectivity index is 2.02. The predicted octanol–water partition coefficient (Wildman–Crippen LogP) is 3.36. The number of halogens is 2. The van der Waals surface area contributed by atoms with E-state index in [-0.39, 0.29) is 35.7 Å². The lowest BCUT2D eigenvalue weighted by Gasteiger charge is -2.28. The Morgan fingerprint density at radius 1 is 1.00 bits per heavy atom. The molecule has 0 aliphatic carbocycles. The molecule has 0 aliphatic rings. The largest absolute Gasteiger partial charge is 0.357 e. The van der Waals surface area contributed by atoms with Crippen LogP contribution in [0.25, 0.3) is 0 Å². The van der Waals surface area contributed by atoms with Gasteiger partial charge in [-0.25, -0.2) is 8.78 Å². The Hall–Kier alpha value is -2.41. The standard InChI is InChI=1S/C20H22F2N2O2S/c1-14(20(26)23-2)24(11-15-3-7-17(21)8-4-15)19(25)13-27-12-16-5-9-18(22)10-6-16/h3-10,14H,11-13H2,1-2H3,(H,23,26)/t14-/m1/s1. The summed E-state index contributed by atoms with van der Waals surface area (Å²) in [4.78, 5) is 26.2. The van der Waals surface area contributed by atoms with E-state index in [2.05, 4.69) is 5.32 Å². The minimum atomic E-state index is -0.654. The van der Waals surface area contributed by atoms with Crippen molar-refractivity contribution >= 4 is 23.6 Å². The molecular formula is C20H22F2N2O2S. The molecule has 0 aliphatic heterocycles. The van der Waals surface area contributed by atoms with E-state index in [0.717, 1.165) is 11.1 Å². The van der Waals surface area contributed by atoms with Crippen LogP contribution in [0.2, 0.25) is 0 Å². The van der Waals surface area contributed by atoms with Crippen LogP contribution < -0.4 is 5.32 Å². The van der Waals surface area contributed by atoms with Gasteiger partial charge in [0.1, 0.15) is 17.7 Å². The van der Waals surface area contributed by atoms with E-state index in [1.54, 1.807) is 31.2 Å². The molecule has 144 valence electrons. The fraction of sp³-hybridized carbons (Fsp3) is 0.300. The first kappa shape index (κ1) is 20.9. The molecule has 0 spiro atoms. The summed E-state index contributed by atoms with van der Waals surface area (Å²) in [5.41, 5.74) is 1.66. The van der Waals surface area contributed by atoms with Gasteiger partial charge in [0.2, 0.25) is 11.8 Å². The van der Waals surface area contributed by atoms with Crippen molar-refractivity contribution < 1.29 is 18.4 Å². The Morgan fingerprint density at radius 3 is 2.04 bits per heavy atom. The fourth-order valence-electron chi connectivity index (χ4n) is 2.50. The van der Waals surface area contributed by atoms with E-state index >= 15 is 0 Å².